The van der Waals surface area contributed by atoms with Crippen molar-refractivity contribution in [1.29, 1.82) is 0 Å². The molecule has 2 rings (SSSR count). The maximum atomic E-state index is 12.0. The summed E-state index contributed by atoms with van der Waals surface area (Å²) in [5.41, 5.74) is 0.261. The summed E-state index contributed by atoms with van der Waals surface area (Å²) in [6.45, 7) is 6.72. The third kappa shape index (κ3) is 1.34. The number of hydrogen-bond donors (Lipinski definition) is 0. The first-order valence-corrected chi connectivity index (χ1v) is 7.11. The van der Waals surface area contributed by atoms with Gasteiger partial charge in [-0.05, 0) is 29.1 Å². The van der Waals surface area contributed by atoms with Gasteiger partial charge in [0.15, 0.2) is 0 Å². The van der Waals surface area contributed by atoms with Crippen LogP contribution in [0.25, 0.3) is 0 Å². The smallest absolute Gasteiger partial charge is 0.136 e. The largest absolute Gasteiger partial charge is 0.299 e. The fraction of sp³-hybridized carbons (Fsp3) is 0.923. The molecule has 4 atom stereocenters. The molecule has 0 radical (unpaired) electrons. The predicted molar refractivity (Wildman–Crippen MR) is 68.0 cm³/mol. The monoisotopic (exact) mass is 262 g/mol. The number of halogens is 2. The van der Waals surface area contributed by atoms with Crippen LogP contribution in [0.1, 0.15) is 33.6 Å². The minimum Gasteiger partial charge on any atom is -0.299 e. The molecule has 92 valence electrons. The van der Waals surface area contributed by atoms with Crippen LogP contribution in [0, 0.1) is 28.6 Å². The Balaban J connectivity index is 2.39. The van der Waals surface area contributed by atoms with Gasteiger partial charge in [0.25, 0.3) is 0 Å². The molecule has 0 aromatic carbocycles. The molecule has 16 heavy (non-hydrogen) atoms. The molecule has 0 amide bonds. The Kier molecular flexibility index (Phi) is 3.08. The molecular weight excluding hydrogens is 243 g/mol. The molecule has 2 saturated carbocycles. The lowest BCUT2D eigenvalue weighted by Crippen LogP contribution is -2.63. The number of alkyl halides is 2. The quantitative estimate of drug-likeness (QED) is 0.694. The lowest BCUT2D eigenvalue weighted by atomic mass is 9.41. The van der Waals surface area contributed by atoms with E-state index in [9.17, 15) is 4.79 Å². The SMILES string of the molecule is CC(C)(C)C12CCC(=O)C1C(CCl)C2CCl. The highest BCUT2D eigenvalue weighted by Gasteiger charge is 2.69. The Morgan fingerprint density at radius 2 is 1.94 bits per heavy atom. The fourth-order valence-electron chi connectivity index (χ4n) is 4.31. The average Bonchev–Trinajstić information content (AvgIpc) is 2.42. The van der Waals surface area contributed by atoms with Crippen LogP contribution in [-0.2, 0) is 4.79 Å². The molecule has 1 nitrogen and oxygen atoms in total. The van der Waals surface area contributed by atoms with Crippen molar-refractivity contribution in [3.8, 4) is 0 Å². The molecule has 4 unspecified atom stereocenters. The van der Waals surface area contributed by atoms with Crippen molar-refractivity contribution in [2.24, 2.45) is 28.6 Å². The van der Waals surface area contributed by atoms with Crippen molar-refractivity contribution in [1.82, 2.24) is 0 Å². The van der Waals surface area contributed by atoms with Gasteiger partial charge in [-0.1, -0.05) is 20.8 Å². The molecule has 2 aliphatic rings. The third-order valence-electron chi connectivity index (χ3n) is 5.03. The highest BCUT2D eigenvalue weighted by Crippen LogP contribution is 2.70. The van der Waals surface area contributed by atoms with E-state index in [0.29, 0.717) is 29.4 Å². The standard InChI is InChI=1S/C13H20Cl2O/c1-12(2,3)13-5-4-10(16)11(13)8(6-14)9(13)7-15/h8-9,11H,4-7H2,1-3H3. The van der Waals surface area contributed by atoms with E-state index in [1.807, 2.05) is 0 Å². The summed E-state index contributed by atoms with van der Waals surface area (Å²) in [5, 5.41) is 0. The van der Waals surface area contributed by atoms with Crippen LogP contribution in [0.3, 0.4) is 0 Å². The first kappa shape index (κ1) is 12.7. The van der Waals surface area contributed by atoms with Gasteiger partial charge in [0, 0.05) is 24.1 Å². The predicted octanol–water partition coefficient (Wildman–Crippen LogP) is 3.72. The van der Waals surface area contributed by atoms with Crippen molar-refractivity contribution in [3.63, 3.8) is 0 Å². The Morgan fingerprint density at radius 3 is 2.38 bits per heavy atom. The normalized spacial score (nSPS) is 43.1. The third-order valence-corrected chi connectivity index (χ3v) is 5.72. The van der Waals surface area contributed by atoms with Crippen LogP contribution in [0.4, 0.5) is 0 Å². The molecule has 0 aliphatic heterocycles. The summed E-state index contributed by atoms with van der Waals surface area (Å²) >= 11 is 12.1. The molecule has 2 aliphatic carbocycles. The molecule has 0 spiro atoms. The van der Waals surface area contributed by atoms with Gasteiger partial charge < -0.3 is 0 Å². The molecule has 0 bridgehead atoms. The lowest BCUT2D eigenvalue weighted by Gasteiger charge is -2.63. The van der Waals surface area contributed by atoms with Gasteiger partial charge in [-0.15, -0.1) is 23.2 Å². The topological polar surface area (TPSA) is 17.1 Å². The summed E-state index contributed by atoms with van der Waals surface area (Å²) in [6.07, 6.45) is 1.73. The maximum absolute atomic E-state index is 12.0. The van der Waals surface area contributed by atoms with E-state index in [-0.39, 0.29) is 16.7 Å². The van der Waals surface area contributed by atoms with Crippen molar-refractivity contribution >= 4 is 29.0 Å². The van der Waals surface area contributed by atoms with E-state index < -0.39 is 0 Å². The first-order chi connectivity index (χ1) is 7.40. The second-order valence-electron chi connectivity index (χ2n) is 6.31. The Labute approximate surface area is 108 Å². The summed E-state index contributed by atoms with van der Waals surface area (Å²) in [6, 6.07) is 0. The van der Waals surface area contributed by atoms with Crippen molar-refractivity contribution < 1.29 is 4.79 Å². The molecule has 2 fully saturated rings. The number of fused-ring (bicyclic) bond motifs is 1. The Morgan fingerprint density at radius 1 is 1.31 bits per heavy atom. The average molecular weight is 263 g/mol. The summed E-state index contributed by atoms with van der Waals surface area (Å²) in [5.74, 6) is 2.54. The van der Waals surface area contributed by atoms with E-state index in [2.05, 4.69) is 20.8 Å². The van der Waals surface area contributed by atoms with Crippen LogP contribution in [0.5, 0.6) is 0 Å². The Hall–Kier alpha value is 0.250. The van der Waals surface area contributed by atoms with Gasteiger partial charge in [0.2, 0.25) is 0 Å². The summed E-state index contributed by atoms with van der Waals surface area (Å²) < 4.78 is 0. The van der Waals surface area contributed by atoms with Gasteiger partial charge in [0.05, 0.1) is 0 Å². The van der Waals surface area contributed by atoms with E-state index in [1.54, 1.807) is 0 Å². The van der Waals surface area contributed by atoms with Crippen LogP contribution in [0.15, 0.2) is 0 Å². The molecular formula is C13H20Cl2O. The first-order valence-electron chi connectivity index (χ1n) is 6.04. The van der Waals surface area contributed by atoms with E-state index in [1.165, 1.54) is 0 Å². The summed E-state index contributed by atoms with van der Waals surface area (Å²) in [4.78, 5) is 12.0. The van der Waals surface area contributed by atoms with Gasteiger partial charge in [-0.25, -0.2) is 0 Å². The number of Topliss-reactive ketones (excluding diaryl/α,β-unsaturated/α-hetero) is 1. The van der Waals surface area contributed by atoms with Crippen molar-refractivity contribution in [3.05, 3.63) is 0 Å². The van der Waals surface area contributed by atoms with Gasteiger partial charge in [-0.3, -0.25) is 4.79 Å². The van der Waals surface area contributed by atoms with E-state index >= 15 is 0 Å². The lowest BCUT2D eigenvalue weighted by molar-refractivity contribution is -0.166. The minimum absolute atomic E-state index is 0.116. The van der Waals surface area contributed by atoms with E-state index in [4.69, 9.17) is 23.2 Å². The molecule has 0 N–H and O–H groups in total. The van der Waals surface area contributed by atoms with Crippen molar-refractivity contribution in [2.75, 3.05) is 11.8 Å². The van der Waals surface area contributed by atoms with Crippen LogP contribution in [0.2, 0.25) is 0 Å². The Bertz CT molecular complexity index is 308. The van der Waals surface area contributed by atoms with Gasteiger partial charge in [0.1, 0.15) is 5.78 Å². The van der Waals surface area contributed by atoms with Crippen LogP contribution < -0.4 is 0 Å². The van der Waals surface area contributed by atoms with Crippen molar-refractivity contribution in [2.45, 2.75) is 33.6 Å². The number of carbonyl (C=O) groups excluding carboxylic acids is 1. The highest BCUT2D eigenvalue weighted by molar-refractivity contribution is 6.19. The second kappa shape index (κ2) is 3.88. The summed E-state index contributed by atoms with van der Waals surface area (Å²) in [7, 11) is 0. The second-order valence-corrected chi connectivity index (χ2v) is 6.93. The zero-order valence-corrected chi connectivity index (χ0v) is 11.7. The number of ketones is 1. The fourth-order valence-corrected chi connectivity index (χ4v) is 5.20. The number of rotatable bonds is 2. The van der Waals surface area contributed by atoms with E-state index in [0.717, 1.165) is 12.8 Å². The molecule has 0 heterocycles. The molecule has 0 aromatic rings. The van der Waals surface area contributed by atoms with Crippen LogP contribution >= 0.6 is 23.2 Å². The number of hydrogen-bond acceptors (Lipinski definition) is 1. The van der Waals surface area contributed by atoms with Crippen LogP contribution in [-0.4, -0.2) is 17.5 Å². The maximum Gasteiger partial charge on any atom is 0.136 e. The molecule has 0 aromatic heterocycles. The molecule has 3 heteroatoms. The zero-order valence-electron chi connectivity index (χ0n) is 10.2. The minimum atomic E-state index is 0.116. The van der Waals surface area contributed by atoms with Gasteiger partial charge >= 0.3 is 0 Å². The highest BCUT2D eigenvalue weighted by atomic mass is 35.5. The molecule has 0 saturated heterocycles. The van der Waals surface area contributed by atoms with Gasteiger partial charge in [-0.2, -0.15) is 0 Å². The number of carbonyl (C=O) groups is 1. The zero-order chi connectivity index (χ0) is 12.1.